The number of alkyl halides is 6. The van der Waals surface area contributed by atoms with Gasteiger partial charge in [-0.25, -0.2) is 44.9 Å². The van der Waals surface area contributed by atoms with Crippen LogP contribution in [0.15, 0.2) is 98.2 Å². The molecule has 3 aromatic carbocycles. The van der Waals surface area contributed by atoms with E-state index < -0.39 is 35.7 Å². The van der Waals surface area contributed by atoms with Crippen LogP contribution in [0.25, 0.3) is 66.2 Å². The van der Waals surface area contributed by atoms with E-state index in [0.717, 1.165) is 196 Å². The molecule has 24 nitrogen and oxygen atoms in total. The number of aliphatic hydroxyl groups excluding tert-OH is 3. The van der Waals surface area contributed by atoms with Gasteiger partial charge in [0.15, 0.2) is 0 Å². The fourth-order valence-electron chi connectivity index (χ4n) is 21.2. The lowest BCUT2D eigenvalue weighted by atomic mass is 9.76. The minimum Gasteiger partial charge on any atom is -0.391 e. The molecule has 0 amide bonds. The molecule has 0 unspecified atom stereocenters. The van der Waals surface area contributed by atoms with Crippen LogP contribution in [0.4, 0.5) is 43.8 Å². The van der Waals surface area contributed by atoms with Crippen molar-refractivity contribution >= 4 is 83.7 Å². The van der Waals surface area contributed by atoms with Gasteiger partial charge in [0.25, 0.3) is 0 Å². The summed E-state index contributed by atoms with van der Waals surface area (Å²) in [5.74, 6) is 7.13. The van der Waals surface area contributed by atoms with Crippen molar-refractivity contribution in [2.75, 3.05) is 36.8 Å². The Labute approximate surface area is 708 Å². The zero-order valence-electron chi connectivity index (χ0n) is 72.0. The van der Waals surface area contributed by atoms with E-state index in [1.165, 1.54) is 57.7 Å². The van der Waals surface area contributed by atoms with Crippen molar-refractivity contribution in [1.82, 2.24) is 88.2 Å². The number of H-pyrrole nitrogens is 3. The smallest absolute Gasteiger partial charge is 0.391 e. The Morgan fingerprint density at radius 3 is 1.02 bits per heavy atom. The summed E-state index contributed by atoms with van der Waals surface area (Å²) in [7, 11) is 0. The molecular formula is C92H121F6N21O3. The van der Waals surface area contributed by atoms with Gasteiger partial charge in [-0.1, -0.05) is 26.8 Å². The van der Waals surface area contributed by atoms with E-state index in [9.17, 15) is 41.7 Å². The second-order valence-electron chi connectivity index (χ2n) is 38.4. The number of nitrogens with zero attached hydrogens (tertiary/aromatic N) is 15. The molecule has 30 heteroatoms. The van der Waals surface area contributed by atoms with Crippen molar-refractivity contribution in [2.24, 2.45) is 35.5 Å². The van der Waals surface area contributed by atoms with Crippen LogP contribution in [0.3, 0.4) is 0 Å². The largest absolute Gasteiger partial charge is 0.416 e. The Balaban J connectivity index is 0.000000136. The second kappa shape index (κ2) is 34.7. The molecule has 0 saturated heterocycles. The van der Waals surface area contributed by atoms with E-state index in [2.05, 4.69) is 164 Å². The number of aromatic amines is 3. The van der Waals surface area contributed by atoms with E-state index in [-0.39, 0.29) is 40.8 Å². The Bertz CT molecular complexity index is 5410. The van der Waals surface area contributed by atoms with Crippen LogP contribution in [0.1, 0.15) is 222 Å². The number of fused-ring (bicyclic) bond motifs is 6. The van der Waals surface area contributed by atoms with Crippen LogP contribution >= 0.6 is 0 Å². The van der Waals surface area contributed by atoms with Gasteiger partial charge in [-0.05, 0) is 264 Å². The highest BCUT2D eigenvalue weighted by atomic mass is 19.4. The molecule has 0 bridgehead atoms. The molecule has 9 atom stereocenters. The van der Waals surface area contributed by atoms with E-state index in [1.54, 1.807) is 12.1 Å². The first-order chi connectivity index (χ1) is 58.0. The summed E-state index contributed by atoms with van der Waals surface area (Å²) in [4.78, 5) is 57.3. The zero-order valence-corrected chi connectivity index (χ0v) is 72.0. The summed E-state index contributed by atoms with van der Waals surface area (Å²) >= 11 is 0. The van der Waals surface area contributed by atoms with Crippen molar-refractivity contribution < 1.29 is 41.7 Å². The summed E-state index contributed by atoms with van der Waals surface area (Å²) in [5, 5.41) is 35.5. The Morgan fingerprint density at radius 2 is 0.721 bits per heavy atom. The topological polar surface area (TPSA) is 327 Å². The van der Waals surface area contributed by atoms with E-state index in [0.29, 0.717) is 105 Å². The normalized spacial score (nSPS) is 25.2. The lowest BCUT2D eigenvalue weighted by Crippen LogP contribution is -2.49. The maximum absolute atomic E-state index is 13.3. The van der Waals surface area contributed by atoms with Crippen molar-refractivity contribution in [3.05, 3.63) is 144 Å². The van der Waals surface area contributed by atoms with Crippen LogP contribution in [0.2, 0.25) is 0 Å². The minimum absolute atomic E-state index is 0.0308. The van der Waals surface area contributed by atoms with Crippen LogP contribution in [-0.4, -0.2) is 178 Å². The van der Waals surface area contributed by atoms with Crippen LogP contribution in [0.5, 0.6) is 0 Å². The molecule has 654 valence electrons. The van der Waals surface area contributed by atoms with E-state index in [1.807, 2.05) is 36.8 Å². The standard InChI is InChI=1S/C32H45N7O.2C30H38F3N7O/c1-19(2)39(17-21-14-27(28(40)15-21)38-11-10-24-30(33)34-18-35-31(24)38)23-12-20(13-23)6-9-29-36-25-8-7-22(32(3,4)5)16-26(25)37-29;2*1-16(2)40(14-19-11-25(26(41)12-19)39-7-6-21-28(34)35-15-36-29(21)39)20-9-18(10-20)4-5-27-37-23-8-17(3)22(30(31,32)33)13-24(23)38-27/h7-8,10-11,16,18-21,23,27-28,40H,6,9,12-15,17H2,1-5H3,(H,36,37)(H2,33,34,35);2*6-8,13,15-16,18-20,25-26,41H,4-5,9-12,14H2,1-3H3,(H,37,38)(H2,34,35,36)/t20?,21-,23?,27+,28+;2*18?,19-,20?,25+,26+/m000/s1. The third-order valence-corrected chi connectivity index (χ3v) is 28.0. The first kappa shape index (κ1) is 86.2. The number of nitrogens with two attached hydrogens (primary N) is 3. The summed E-state index contributed by atoms with van der Waals surface area (Å²) in [6, 6.07) is 20.7. The number of nitrogen functional groups attached to an aromatic ring is 3. The van der Waals surface area contributed by atoms with Gasteiger partial charge in [-0.2, -0.15) is 26.3 Å². The Kier molecular flexibility index (Phi) is 24.5. The average molecular weight is 1680 g/mol. The number of hydrogen-bond donors (Lipinski definition) is 9. The summed E-state index contributed by atoms with van der Waals surface area (Å²) in [6.45, 7) is 26.2. The van der Waals surface area contributed by atoms with Crippen LogP contribution in [0, 0.1) is 49.4 Å². The number of rotatable bonds is 24. The number of hydrogen-bond acceptors (Lipinski definition) is 18. The fraction of sp³-hybridized carbons (Fsp3) is 0.576. The number of aryl methyl sites for hydroxylation is 5. The number of halogens is 6. The molecule has 122 heavy (non-hydrogen) atoms. The van der Waals surface area contributed by atoms with Crippen LogP contribution < -0.4 is 17.2 Å². The van der Waals surface area contributed by atoms with E-state index >= 15 is 0 Å². The highest BCUT2D eigenvalue weighted by molar-refractivity contribution is 5.88. The quantitative estimate of drug-likeness (QED) is 0.0254. The van der Waals surface area contributed by atoms with Crippen molar-refractivity contribution in [3.8, 4) is 0 Å². The summed E-state index contributed by atoms with van der Waals surface area (Å²) in [5.41, 5.74) is 25.4. The number of anilines is 3. The maximum atomic E-state index is 13.3. The van der Waals surface area contributed by atoms with Gasteiger partial charge in [0.2, 0.25) is 0 Å². The van der Waals surface area contributed by atoms with Gasteiger partial charge in [-0.3, -0.25) is 14.7 Å². The van der Waals surface area contributed by atoms with E-state index in [4.69, 9.17) is 22.2 Å². The monoisotopic (exact) mass is 1680 g/mol. The van der Waals surface area contributed by atoms with Gasteiger partial charge in [0, 0.05) is 93.7 Å². The first-order valence-electron chi connectivity index (χ1n) is 44.2. The van der Waals surface area contributed by atoms with Gasteiger partial charge in [-0.15, -0.1) is 0 Å². The van der Waals surface area contributed by atoms with Crippen LogP contribution in [-0.2, 0) is 37.0 Å². The van der Waals surface area contributed by atoms with Gasteiger partial charge in [0.1, 0.15) is 70.9 Å². The molecule has 18 rings (SSSR count). The zero-order chi connectivity index (χ0) is 86.3. The number of benzene rings is 3. The molecular weight excluding hydrogens is 1560 g/mol. The van der Waals surface area contributed by atoms with Gasteiger partial charge >= 0.3 is 12.4 Å². The second-order valence-corrected chi connectivity index (χ2v) is 38.4. The highest BCUT2D eigenvalue weighted by Crippen LogP contribution is 2.47. The third-order valence-electron chi connectivity index (χ3n) is 28.0. The minimum atomic E-state index is -4.38. The molecule has 6 saturated carbocycles. The maximum Gasteiger partial charge on any atom is 0.416 e. The van der Waals surface area contributed by atoms with Crippen molar-refractivity contribution in [3.63, 3.8) is 0 Å². The molecule has 0 aliphatic heterocycles. The molecule has 0 spiro atoms. The molecule has 6 aliphatic carbocycles. The third kappa shape index (κ3) is 18.3. The molecule has 6 aliphatic rings. The summed E-state index contributed by atoms with van der Waals surface area (Å²) in [6.07, 6.45) is 17.9. The summed E-state index contributed by atoms with van der Waals surface area (Å²) < 4.78 is 85.9. The molecule has 9 heterocycles. The average Bonchev–Trinajstić information content (AvgIpc) is 1.62. The number of aliphatic hydroxyl groups is 3. The molecule has 12 aromatic rings. The Morgan fingerprint density at radius 1 is 0.410 bits per heavy atom. The van der Waals surface area contributed by atoms with Gasteiger partial charge < -0.3 is 61.2 Å². The predicted molar refractivity (Wildman–Crippen MR) is 466 cm³/mol. The predicted octanol–water partition coefficient (Wildman–Crippen LogP) is 16.9. The number of imidazole rings is 3. The molecule has 0 radical (unpaired) electrons. The molecule has 12 N–H and O–H groups in total. The van der Waals surface area contributed by atoms with Gasteiger partial charge in [0.05, 0.1) is 96.8 Å². The molecule has 6 fully saturated rings. The Hall–Kier alpha value is -9.33. The number of nitrogens with one attached hydrogen (secondary N) is 3. The SMILES string of the molecule is CC(C)N(C[C@@H]1C[C@@H](O)[C@H](n2ccc3c(N)ncnc32)C1)C1CC(CCc2nc3ccc(C(C)(C)C)cc3[nH]2)C1.Cc1cc2[nH]c(CCC3CC(N(C[C@@H]4C[C@@H](O)[C@H](n5ccc6c(N)ncnc65)C4)C(C)C)C3)nc2cc1C(F)(F)F.Cc1cc2[nH]c(CCC3CC(N(C[C@@H]4C[C@@H](O)[C@H](n5ccc6c(N)ncnc65)C4)C(C)C)C3)nc2cc1C(F)(F)F. The number of aromatic nitrogens is 15. The first-order valence-corrected chi connectivity index (χ1v) is 44.2. The lowest BCUT2D eigenvalue weighted by molar-refractivity contribution is -0.138. The highest BCUT2D eigenvalue weighted by Gasteiger charge is 2.45. The van der Waals surface area contributed by atoms with Crippen molar-refractivity contribution in [2.45, 2.75) is 282 Å². The lowest BCUT2D eigenvalue weighted by Gasteiger charge is -2.46. The molecule has 9 aromatic heterocycles. The fourth-order valence-corrected chi connectivity index (χ4v) is 21.2. The van der Waals surface area contributed by atoms with Crippen molar-refractivity contribution in [1.29, 1.82) is 0 Å².